The first-order valence-electron chi connectivity index (χ1n) is 5.16. The van der Waals surface area contributed by atoms with E-state index in [1.807, 2.05) is 24.3 Å². The molecule has 15 heavy (non-hydrogen) atoms. The van der Waals surface area contributed by atoms with Gasteiger partial charge in [0.05, 0.1) is 7.11 Å². The Labute approximate surface area is 91.2 Å². The van der Waals surface area contributed by atoms with Crippen LogP contribution in [-0.4, -0.2) is 20.8 Å². The van der Waals surface area contributed by atoms with Crippen LogP contribution in [0, 0.1) is 0 Å². The maximum absolute atomic E-state index is 6.03. The van der Waals surface area contributed by atoms with Crippen LogP contribution in [0.3, 0.4) is 0 Å². The van der Waals surface area contributed by atoms with Gasteiger partial charge < -0.3 is 15.2 Å². The Morgan fingerprint density at radius 3 is 2.40 bits per heavy atom. The zero-order valence-electron chi connectivity index (χ0n) is 9.40. The molecule has 3 heteroatoms. The van der Waals surface area contributed by atoms with E-state index in [0.717, 1.165) is 30.8 Å². The van der Waals surface area contributed by atoms with Crippen molar-refractivity contribution in [3.8, 4) is 5.75 Å². The topological polar surface area (TPSA) is 44.5 Å². The maximum Gasteiger partial charge on any atom is 0.118 e. The van der Waals surface area contributed by atoms with E-state index in [-0.39, 0.29) is 6.04 Å². The zero-order valence-corrected chi connectivity index (χ0v) is 9.40. The molecule has 0 radical (unpaired) electrons. The summed E-state index contributed by atoms with van der Waals surface area (Å²) in [5, 5.41) is 0. The molecule has 84 valence electrons. The van der Waals surface area contributed by atoms with Crippen LogP contribution in [0.25, 0.3) is 0 Å². The standard InChI is InChI=1S/C12H19NO2/c1-14-9-3-4-12(13)10-5-7-11(15-2)8-6-10/h5-8,12H,3-4,9,13H2,1-2H3. The van der Waals surface area contributed by atoms with Crippen molar-refractivity contribution in [2.24, 2.45) is 5.73 Å². The lowest BCUT2D eigenvalue weighted by Gasteiger charge is -2.12. The van der Waals surface area contributed by atoms with E-state index in [1.54, 1.807) is 14.2 Å². The quantitative estimate of drug-likeness (QED) is 0.730. The van der Waals surface area contributed by atoms with E-state index >= 15 is 0 Å². The molecule has 1 unspecified atom stereocenters. The van der Waals surface area contributed by atoms with Crippen LogP contribution in [0.15, 0.2) is 24.3 Å². The number of benzene rings is 1. The highest BCUT2D eigenvalue weighted by molar-refractivity contribution is 5.28. The summed E-state index contributed by atoms with van der Waals surface area (Å²) in [6.07, 6.45) is 1.93. The van der Waals surface area contributed by atoms with E-state index in [9.17, 15) is 0 Å². The van der Waals surface area contributed by atoms with E-state index in [4.69, 9.17) is 15.2 Å². The molecular weight excluding hydrogens is 190 g/mol. The number of hydrogen-bond donors (Lipinski definition) is 1. The Bertz CT molecular complexity index is 271. The molecule has 0 spiro atoms. The summed E-state index contributed by atoms with van der Waals surface area (Å²) in [5.74, 6) is 0.864. The molecule has 0 aromatic heterocycles. The lowest BCUT2D eigenvalue weighted by molar-refractivity contribution is 0.190. The average Bonchev–Trinajstić information content (AvgIpc) is 2.29. The molecule has 0 bridgehead atoms. The fourth-order valence-corrected chi connectivity index (χ4v) is 1.47. The molecule has 0 amide bonds. The molecule has 0 aliphatic heterocycles. The zero-order chi connectivity index (χ0) is 11.1. The van der Waals surface area contributed by atoms with Crippen molar-refractivity contribution in [3.05, 3.63) is 29.8 Å². The maximum atomic E-state index is 6.03. The third kappa shape index (κ3) is 3.90. The highest BCUT2D eigenvalue weighted by Gasteiger charge is 2.05. The largest absolute Gasteiger partial charge is 0.497 e. The van der Waals surface area contributed by atoms with E-state index < -0.39 is 0 Å². The normalized spacial score (nSPS) is 12.5. The predicted octanol–water partition coefficient (Wildman–Crippen LogP) is 2.12. The Morgan fingerprint density at radius 1 is 1.20 bits per heavy atom. The SMILES string of the molecule is COCCCC(N)c1ccc(OC)cc1. The minimum atomic E-state index is 0.0889. The van der Waals surface area contributed by atoms with Crippen LogP contribution >= 0.6 is 0 Å². The summed E-state index contributed by atoms with van der Waals surface area (Å²) in [4.78, 5) is 0. The third-order valence-corrected chi connectivity index (χ3v) is 2.41. The van der Waals surface area contributed by atoms with Gasteiger partial charge in [-0.2, -0.15) is 0 Å². The number of methoxy groups -OCH3 is 2. The van der Waals surface area contributed by atoms with E-state index in [2.05, 4.69) is 0 Å². The van der Waals surface area contributed by atoms with E-state index in [1.165, 1.54) is 0 Å². The van der Waals surface area contributed by atoms with Crippen LogP contribution in [0.1, 0.15) is 24.4 Å². The third-order valence-electron chi connectivity index (χ3n) is 2.41. The van der Waals surface area contributed by atoms with Gasteiger partial charge in [0.2, 0.25) is 0 Å². The molecule has 1 atom stereocenters. The summed E-state index contributed by atoms with van der Waals surface area (Å²) < 4.78 is 10.1. The summed E-state index contributed by atoms with van der Waals surface area (Å²) in [7, 11) is 3.37. The average molecular weight is 209 g/mol. The highest BCUT2D eigenvalue weighted by atomic mass is 16.5. The van der Waals surface area contributed by atoms with Crippen molar-refractivity contribution in [3.63, 3.8) is 0 Å². The van der Waals surface area contributed by atoms with Crippen molar-refractivity contribution in [1.82, 2.24) is 0 Å². The molecule has 3 nitrogen and oxygen atoms in total. The monoisotopic (exact) mass is 209 g/mol. The van der Waals surface area contributed by atoms with Gasteiger partial charge in [-0.05, 0) is 30.5 Å². The van der Waals surface area contributed by atoms with Gasteiger partial charge in [-0.25, -0.2) is 0 Å². The summed E-state index contributed by atoms with van der Waals surface area (Å²) in [6.45, 7) is 0.768. The molecule has 0 saturated carbocycles. The number of hydrogen-bond acceptors (Lipinski definition) is 3. The number of rotatable bonds is 6. The summed E-state index contributed by atoms with van der Waals surface area (Å²) in [5.41, 5.74) is 7.18. The van der Waals surface area contributed by atoms with Crippen LogP contribution in [0.5, 0.6) is 5.75 Å². The van der Waals surface area contributed by atoms with Crippen molar-refractivity contribution in [2.45, 2.75) is 18.9 Å². The van der Waals surface area contributed by atoms with Gasteiger partial charge in [0.1, 0.15) is 5.75 Å². The highest BCUT2D eigenvalue weighted by Crippen LogP contribution is 2.19. The Hall–Kier alpha value is -1.06. The van der Waals surface area contributed by atoms with Gasteiger partial charge in [-0.3, -0.25) is 0 Å². The predicted molar refractivity (Wildman–Crippen MR) is 61.0 cm³/mol. The van der Waals surface area contributed by atoms with Crippen LogP contribution in [-0.2, 0) is 4.74 Å². The first-order valence-corrected chi connectivity index (χ1v) is 5.16. The Balaban J connectivity index is 2.46. The van der Waals surface area contributed by atoms with Crippen molar-refractivity contribution in [2.75, 3.05) is 20.8 Å². The minimum absolute atomic E-state index is 0.0889. The van der Waals surface area contributed by atoms with Gasteiger partial charge in [-0.1, -0.05) is 12.1 Å². The first-order chi connectivity index (χ1) is 7.27. The fourth-order valence-electron chi connectivity index (χ4n) is 1.47. The summed E-state index contributed by atoms with van der Waals surface area (Å²) >= 11 is 0. The molecule has 0 fully saturated rings. The van der Waals surface area contributed by atoms with Crippen LogP contribution < -0.4 is 10.5 Å². The molecule has 0 saturated heterocycles. The van der Waals surface area contributed by atoms with Gasteiger partial charge >= 0.3 is 0 Å². The smallest absolute Gasteiger partial charge is 0.118 e. The van der Waals surface area contributed by atoms with Crippen LogP contribution in [0.4, 0.5) is 0 Å². The molecule has 1 aromatic rings. The minimum Gasteiger partial charge on any atom is -0.497 e. The lowest BCUT2D eigenvalue weighted by atomic mass is 10.0. The fraction of sp³-hybridized carbons (Fsp3) is 0.500. The molecule has 0 aliphatic carbocycles. The van der Waals surface area contributed by atoms with Gasteiger partial charge in [-0.15, -0.1) is 0 Å². The van der Waals surface area contributed by atoms with E-state index in [0.29, 0.717) is 0 Å². The summed E-state index contributed by atoms with van der Waals surface area (Å²) in [6, 6.07) is 7.98. The van der Waals surface area contributed by atoms with Gasteiger partial charge in [0.25, 0.3) is 0 Å². The number of nitrogens with two attached hydrogens (primary N) is 1. The number of ether oxygens (including phenoxy) is 2. The van der Waals surface area contributed by atoms with Gasteiger partial charge in [0, 0.05) is 19.8 Å². The lowest BCUT2D eigenvalue weighted by Crippen LogP contribution is -2.10. The molecule has 0 heterocycles. The molecule has 2 N–H and O–H groups in total. The van der Waals surface area contributed by atoms with Gasteiger partial charge in [0.15, 0.2) is 0 Å². The second kappa shape index (κ2) is 6.43. The van der Waals surface area contributed by atoms with Crippen molar-refractivity contribution in [1.29, 1.82) is 0 Å². The first kappa shape index (κ1) is 12.0. The second-order valence-electron chi connectivity index (χ2n) is 3.51. The molecular formula is C12H19NO2. The second-order valence-corrected chi connectivity index (χ2v) is 3.51. The van der Waals surface area contributed by atoms with Crippen molar-refractivity contribution < 1.29 is 9.47 Å². The molecule has 0 aliphatic rings. The Kier molecular flexibility index (Phi) is 5.15. The van der Waals surface area contributed by atoms with Crippen molar-refractivity contribution >= 4 is 0 Å². The molecule has 1 rings (SSSR count). The molecule has 1 aromatic carbocycles. The van der Waals surface area contributed by atoms with Crippen LogP contribution in [0.2, 0.25) is 0 Å². The Morgan fingerprint density at radius 2 is 1.87 bits per heavy atom.